The summed E-state index contributed by atoms with van der Waals surface area (Å²) in [6.45, 7) is 2.26. The van der Waals surface area contributed by atoms with Gasteiger partial charge in [-0.3, -0.25) is 0 Å². The van der Waals surface area contributed by atoms with Gasteiger partial charge in [-0.05, 0) is 78.7 Å². The number of fused-ring (bicyclic) bond motifs is 1. The molecule has 9 heteroatoms. The first kappa shape index (κ1) is 22.3. The second kappa shape index (κ2) is 9.30. The predicted octanol–water partition coefficient (Wildman–Crippen LogP) is 4.91. The molecule has 0 radical (unpaired) electrons. The van der Waals surface area contributed by atoms with Gasteiger partial charge in [-0.1, -0.05) is 12.1 Å². The van der Waals surface area contributed by atoms with E-state index in [1.54, 1.807) is 23.5 Å². The summed E-state index contributed by atoms with van der Waals surface area (Å²) in [5, 5.41) is 6.54. The summed E-state index contributed by atoms with van der Waals surface area (Å²) in [4.78, 5) is 25.3. The van der Waals surface area contributed by atoms with Crippen LogP contribution in [0.1, 0.15) is 28.8 Å². The van der Waals surface area contributed by atoms with Crippen LogP contribution in [0.5, 0.6) is 0 Å². The second-order valence-electron chi connectivity index (χ2n) is 7.63. The Hall–Kier alpha value is -2.91. The van der Waals surface area contributed by atoms with Gasteiger partial charge in [-0.2, -0.15) is 13.2 Å². The molecule has 0 amide bonds. The highest BCUT2D eigenvalue weighted by atomic mass is 32.1. The molecule has 168 valence electrons. The molecule has 1 aromatic heterocycles. The Labute approximate surface area is 186 Å². The Morgan fingerprint density at radius 1 is 1.09 bits per heavy atom. The number of benzene rings is 2. The third-order valence-electron chi connectivity index (χ3n) is 5.45. The Balaban J connectivity index is 1.58. The topological polar surface area (TPSA) is 58.6 Å². The Morgan fingerprint density at radius 3 is 2.62 bits per heavy atom. The maximum Gasteiger partial charge on any atom is 0.491 e. The van der Waals surface area contributed by atoms with Gasteiger partial charge in [0.15, 0.2) is 0 Å². The zero-order valence-corrected chi connectivity index (χ0v) is 17.8. The van der Waals surface area contributed by atoms with Gasteiger partial charge in [0.05, 0.1) is 5.56 Å². The van der Waals surface area contributed by atoms with E-state index in [9.17, 15) is 22.8 Å². The van der Waals surface area contributed by atoms with Crippen molar-refractivity contribution in [2.75, 3.05) is 18.0 Å². The fourth-order valence-electron chi connectivity index (χ4n) is 3.88. The number of carbonyl (C=O) groups excluding carboxylic acids is 2. The van der Waals surface area contributed by atoms with E-state index in [4.69, 9.17) is 0 Å². The molecule has 0 atom stereocenters. The maximum absolute atomic E-state index is 12.4. The van der Waals surface area contributed by atoms with Gasteiger partial charge in [0.25, 0.3) is 0 Å². The molecule has 5 nitrogen and oxygen atoms in total. The quantitative estimate of drug-likeness (QED) is 0.432. The molecule has 32 heavy (non-hydrogen) atoms. The third kappa shape index (κ3) is 5.11. The first-order valence-electron chi connectivity index (χ1n) is 10.2. The molecule has 1 N–H and O–H groups in total. The van der Waals surface area contributed by atoms with E-state index < -0.39 is 18.1 Å². The van der Waals surface area contributed by atoms with E-state index in [1.807, 2.05) is 5.38 Å². The standard InChI is InChI=1S/C23H21F3N2O3S/c24-23(25,26)22(30)31-21(29)17-3-1-2-15(12-17)14-28(18-6-9-27-10-7-18)19-4-5-20-16(13-19)8-11-32-20/h1-5,8,11-13,18,27H,6-7,9-10,14H2. The highest BCUT2D eigenvalue weighted by molar-refractivity contribution is 7.17. The van der Waals surface area contributed by atoms with Crippen molar-refractivity contribution in [2.45, 2.75) is 31.6 Å². The Kier molecular flexibility index (Phi) is 6.48. The zero-order valence-electron chi connectivity index (χ0n) is 17.0. The lowest BCUT2D eigenvalue weighted by atomic mass is 10.0. The van der Waals surface area contributed by atoms with Crippen LogP contribution < -0.4 is 10.2 Å². The number of thiophene rings is 1. The summed E-state index contributed by atoms with van der Waals surface area (Å²) in [6, 6.07) is 14.8. The van der Waals surface area contributed by atoms with Crippen molar-refractivity contribution in [2.24, 2.45) is 0 Å². The van der Waals surface area contributed by atoms with Crippen molar-refractivity contribution in [3.63, 3.8) is 0 Å². The average Bonchev–Trinajstić information content (AvgIpc) is 3.25. The minimum atomic E-state index is -5.22. The number of nitrogens with one attached hydrogen (secondary N) is 1. The minimum Gasteiger partial charge on any atom is -0.383 e. The third-order valence-corrected chi connectivity index (χ3v) is 6.35. The van der Waals surface area contributed by atoms with E-state index in [0.29, 0.717) is 6.54 Å². The lowest BCUT2D eigenvalue weighted by Gasteiger charge is -2.36. The van der Waals surface area contributed by atoms with E-state index in [2.05, 4.69) is 39.2 Å². The lowest BCUT2D eigenvalue weighted by molar-refractivity contribution is -0.193. The molecule has 3 aromatic rings. The van der Waals surface area contributed by atoms with Gasteiger partial charge in [0.1, 0.15) is 0 Å². The largest absolute Gasteiger partial charge is 0.491 e. The lowest BCUT2D eigenvalue weighted by Crippen LogP contribution is -2.43. The zero-order chi connectivity index (χ0) is 22.7. The number of esters is 2. The Morgan fingerprint density at radius 2 is 1.88 bits per heavy atom. The molecule has 0 bridgehead atoms. The van der Waals surface area contributed by atoms with Crippen molar-refractivity contribution in [3.05, 3.63) is 65.0 Å². The molecule has 2 aromatic carbocycles. The minimum absolute atomic E-state index is 0.0985. The number of anilines is 1. The summed E-state index contributed by atoms with van der Waals surface area (Å²) in [6.07, 6.45) is -3.33. The number of hydrogen-bond donors (Lipinski definition) is 1. The van der Waals surface area contributed by atoms with E-state index in [1.165, 1.54) is 16.8 Å². The summed E-state index contributed by atoms with van der Waals surface area (Å²) >= 11 is 1.67. The number of carbonyl (C=O) groups is 2. The molecule has 1 fully saturated rings. The number of halogens is 3. The molecule has 2 heterocycles. The first-order chi connectivity index (χ1) is 15.3. The van der Waals surface area contributed by atoms with Crippen LogP contribution in [0.3, 0.4) is 0 Å². The van der Waals surface area contributed by atoms with E-state index >= 15 is 0 Å². The number of piperidine rings is 1. The smallest absolute Gasteiger partial charge is 0.383 e. The number of rotatable bonds is 5. The second-order valence-corrected chi connectivity index (χ2v) is 8.57. The monoisotopic (exact) mass is 462 g/mol. The van der Waals surface area contributed by atoms with E-state index in [-0.39, 0.29) is 11.6 Å². The molecule has 0 saturated carbocycles. The highest BCUT2D eigenvalue weighted by Gasteiger charge is 2.42. The molecule has 1 saturated heterocycles. The summed E-state index contributed by atoms with van der Waals surface area (Å²) in [7, 11) is 0. The highest BCUT2D eigenvalue weighted by Crippen LogP contribution is 2.30. The molecular weight excluding hydrogens is 441 g/mol. The van der Waals surface area contributed by atoms with Crippen LogP contribution in [0.25, 0.3) is 10.1 Å². The summed E-state index contributed by atoms with van der Waals surface area (Å²) in [5.41, 5.74) is 1.68. The SMILES string of the molecule is O=C(OC(=O)C(F)(F)F)c1cccc(CN(c2ccc3sccc3c2)C2CCNCC2)c1. The van der Waals surface area contributed by atoms with Crippen LogP contribution in [0.2, 0.25) is 0 Å². The Bertz CT molecular complexity index is 1120. The summed E-state index contributed by atoms with van der Waals surface area (Å²) in [5.74, 6) is -3.84. The van der Waals surface area contributed by atoms with Gasteiger partial charge >= 0.3 is 18.1 Å². The predicted molar refractivity (Wildman–Crippen MR) is 117 cm³/mol. The van der Waals surface area contributed by atoms with Crippen molar-refractivity contribution in [1.82, 2.24) is 5.32 Å². The molecule has 0 unspecified atom stereocenters. The van der Waals surface area contributed by atoms with Crippen molar-refractivity contribution in [1.29, 1.82) is 0 Å². The first-order valence-corrected chi connectivity index (χ1v) is 11.1. The number of alkyl halides is 3. The van der Waals surface area contributed by atoms with Gasteiger partial charge in [0, 0.05) is 23.0 Å². The average molecular weight is 462 g/mol. The van der Waals surface area contributed by atoms with Crippen LogP contribution in [0, 0.1) is 0 Å². The molecule has 1 aliphatic rings. The van der Waals surface area contributed by atoms with Crippen molar-refractivity contribution >= 4 is 39.0 Å². The fraction of sp³-hybridized carbons (Fsp3) is 0.304. The molecule has 4 rings (SSSR count). The van der Waals surface area contributed by atoms with Crippen molar-refractivity contribution in [3.8, 4) is 0 Å². The van der Waals surface area contributed by atoms with Crippen LogP contribution >= 0.6 is 11.3 Å². The molecule has 0 spiro atoms. The van der Waals surface area contributed by atoms with Crippen LogP contribution in [0.15, 0.2) is 53.9 Å². The molecular formula is C23H21F3N2O3S. The van der Waals surface area contributed by atoms with Crippen molar-refractivity contribution < 1.29 is 27.5 Å². The summed E-state index contributed by atoms with van der Waals surface area (Å²) < 4.78 is 42.4. The van der Waals surface area contributed by atoms with Crippen LogP contribution in [-0.2, 0) is 16.1 Å². The maximum atomic E-state index is 12.4. The van der Waals surface area contributed by atoms with Gasteiger partial charge in [-0.25, -0.2) is 9.59 Å². The van der Waals surface area contributed by atoms with Gasteiger partial charge in [-0.15, -0.1) is 11.3 Å². The normalized spacial score (nSPS) is 15.0. The van der Waals surface area contributed by atoms with Gasteiger partial charge < -0.3 is 15.0 Å². The molecule has 0 aliphatic carbocycles. The number of hydrogen-bond acceptors (Lipinski definition) is 6. The number of ether oxygens (including phenoxy) is 1. The number of nitrogens with zero attached hydrogens (tertiary/aromatic N) is 1. The molecule has 1 aliphatic heterocycles. The fourth-order valence-corrected chi connectivity index (χ4v) is 4.65. The van der Waals surface area contributed by atoms with Gasteiger partial charge in [0.2, 0.25) is 0 Å². The van der Waals surface area contributed by atoms with Crippen LogP contribution in [0.4, 0.5) is 18.9 Å². The van der Waals surface area contributed by atoms with E-state index in [0.717, 1.165) is 42.6 Å². The van der Waals surface area contributed by atoms with Crippen LogP contribution in [-0.4, -0.2) is 37.2 Å².